The first-order chi connectivity index (χ1) is 11.8. The molecule has 0 fully saturated rings. The minimum atomic E-state index is -0.864. The SMILES string of the molecule is CC(C)[C@@H](C)NC(=O)COC(=O)c1cc([N+](=O)[O-])ccc1NCCO. The molecule has 138 valence electrons. The summed E-state index contributed by atoms with van der Waals surface area (Å²) in [5, 5.41) is 25.2. The van der Waals surface area contributed by atoms with E-state index in [1.807, 2.05) is 20.8 Å². The van der Waals surface area contributed by atoms with Gasteiger partial charge in [0.25, 0.3) is 11.6 Å². The van der Waals surface area contributed by atoms with Crippen LogP contribution in [0.1, 0.15) is 31.1 Å². The number of hydrogen-bond acceptors (Lipinski definition) is 7. The molecule has 0 aromatic heterocycles. The Kier molecular flexibility index (Phi) is 7.80. The molecule has 0 aliphatic heterocycles. The molecule has 1 rings (SSSR count). The van der Waals surface area contributed by atoms with Gasteiger partial charge in [-0.05, 0) is 18.9 Å². The molecule has 0 heterocycles. The number of nitro groups is 1. The summed E-state index contributed by atoms with van der Waals surface area (Å²) in [4.78, 5) is 34.2. The largest absolute Gasteiger partial charge is 0.452 e. The number of nitro benzene ring substituents is 1. The van der Waals surface area contributed by atoms with Crippen molar-refractivity contribution in [1.29, 1.82) is 0 Å². The molecule has 1 aromatic rings. The number of rotatable bonds is 9. The van der Waals surface area contributed by atoms with E-state index in [1.165, 1.54) is 12.1 Å². The molecule has 9 heteroatoms. The van der Waals surface area contributed by atoms with Crippen molar-refractivity contribution >= 4 is 23.3 Å². The van der Waals surface area contributed by atoms with Crippen molar-refractivity contribution in [2.75, 3.05) is 25.1 Å². The van der Waals surface area contributed by atoms with Crippen molar-refractivity contribution in [3.05, 3.63) is 33.9 Å². The number of aliphatic hydroxyl groups is 1. The maximum atomic E-state index is 12.2. The first kappa shape index (κ1) is 20.4. The van der Waals surface area contributed by atoms with E-state index in [4.69, 9.17) is 9.84 Å². The zero-order chi connectivity index (χ0) is 19.0. The van der Waals surface area contributed by atoms with Gasteiger partial charge in [0.15, 0.2) is 6.61 Å². The zero-order valence-electron chi connectivity index (χ0n) is 14.4. The van der Waals surface area contributed by atoms with Crippen LogP contribution in [0.2, 0.25) is 0 Å². The van der Waals surface area contributed by atoms with Crippen LogP contribution < -0.4 is 10.6 Å². The molecule has 3 N–H and O–H groups in total. The Labute approximate surface area is 145 Å². The van der Waals surface area contributed by atoms with Crippen LogP contribution in [0, 0.1) is 16.0 Å². The highest BCUT2D eigenvalue weighted by Crippen LogP contribution is 2.23. The number of hydrogen-bond donors (Lipinski definition) is 3. The summed E-state index contributed by atoms with van der Waals surface area (Å²) in [6.45, 7) is 5.21. The van der Waals surface area contributed by atoms with Gasteiger partial charge in [-0.25, -0.2) is 4.79 Å². The van der Waals surface area contributed by atoms with Crippen LogP contribution in [0.25, 0.3) is 0 Å². The molecule has 0 unspecified atom stereocenters. The van der Waals surface area contributed by atoms with Gasteiger partial charge in [0.2, 0.25) is 0 Å². The van der Waals surface area contributed by atoms with Crippen molar-refractivity contribution in [1.82, 2.24) is 5.32 Å². The molecule has 0 spiro atoms. The lowest BCUT2D eigenvalue weighted by Gasteiger charge is -2.17. The third-order valence-electron chi connectivity index (χ3n) is 3.58. The van der Waals surface area contributed by atoms with E-state index >= 15 is 0 Å². The van der Waals surface area contributed by atoms with Gasteiger partial charge in [-0.1, -0.05) is 13.8 Å². The maximum absolute atomic E-state index is 12.2. The Bertz CT molecular complexity index is 632. The van der Waals surface area contributed by atoms with Crippen LogP contribution in [-0.4, -0.2) is 47.7 Å². The molecule has 0 aliphatic carbocycles. The Morgan fingerprint density at radius 2 is 2.00 bits per heavy atom. The number of carbonyl (C=O) groups is 2. The number of nitrogens with zero attached hydrogens (tertiary/aromatic N) is 1. The van der Waals surface area contributed by atoms with E-state index in [-0.39, 0.29) is 42.0 Å². The van der Waals surface area contributed by atoms with Crippen LogP contribution >= 0.6 is 0 Å². The predicted molar refractivity (Wildman–Crippen MR) is 91.4 cm³/mol. The van der Waals surface area contributed by atoms with E-state index in [1.54, 1.807) is 0 Å². The van der Waals surface area contributed by atoms with Crippen LogP contribution in [0.4, 0.5) is 11.4 Å². The van der Waals surface area contributed by atoms with Crippen molar-refractivity contribution in [3.8, 4) is 0 Å². The molecule has 0 aliphatic rings. The summed E-state index contributed by atoms with van der Waals surface area (Å²) in [6, 6.07) is 3.57. The van der Waals surface area contributed by atoms with E-state index in [0.717, 1.165) is 6.07 Å². The molecule has 0 bridgehead atoms. The highest BCUT2D eigenvalue weighted by molar-refractivity contribution is 5.97. The molecule has 0 saturated carbocycles. The first-order valence-electron chi connectivity index (χ1n) is 7.86. The topological polar surface area (TPSA) is 131 Å². The fourth-order valence-electron chi connectivity index (χ4n) is 1.83. The van der Waals surface area contributed by atoms with Gasteiger partial charge in [-0.3, -0.25) is 14.9 Å². The number of aliphatic hydroxyl groups excluding tert-OH is 1. The van der Waals surface area contributed by atoms with Crippen molar-refractivity contribution < 1.29 is 24.4 Å². The number of esters is 1. The standard InChI is InChI=1S/C16H23N3O6/c1-10(2)11(3)18-15(21)9-25-16(22)13-8-12(19(23)24)4-5-14(13)17-6-7-20/h4-5,8,10-11,17,20H,6-7,9H2,1-3H3,(H,18,21)/t11-/m1/s1. The van der Waals surface area contributed by atoms with Gasteiger partial charge in [-0.15, -0.1) is 0 Å². The second-order valence-corrected chi connectivity index (χ2v) is 5.81. The highest BCUT2D eigenvalue weighted by atomic mass is 16.6. The second kappa shape index (κ2) is 9.58. The Morgan fingerprint density at radius 3 is 2.56 bits per heavy atom. The smallest absolute Gasteiger partial charge is 0.341 e. The molecular weight excluding hydrogens is 330 g/mol. The van der Waals surface area contributed by atoms with Gasteiger partial charge in [0.05, 0.1) is 17.1 Å². The molecule has 0 saturated heterocycles. The number of carbonyl (C=O) groups excluding carboxylic acids is 2. The number of non-ortho nitro benzene ring substituents is 1. The first-order valence-corrected chi connectivity index (χ1v) is 7.86. The number of ether oxygens (including phenoxy) is 1. The summed E-state index contributed by atoms with van der Waals surface area (Å²) < 4.78 is 4.95. The average molecular weight is 353 g/mol. The van der Waals surface area contributed by atoms with Gasteiger partial charge < -0.3 is 20.5 Å². The molecule has 1 amide bonds. The molecule has 25 heavy (non-hydrogen) atoms. The van der Waals surface area contributed by atoms with Crippen LogP contribution in [0.5, 0.6) is 0 Å². The van der Waals surface area contributed by atoms with Gasteiger partial charge in [-0.2, -0.15) is 0 Å². The van der Waals surface area contributed by atoms with E-state index < -0.39 is 23.4 Å². The van der Waals surface area contributed by atoms with E-state index in [0.29, 0.717) is 0 Å². The minimum Gasteiger partial charge on any atom is -0.452 e. The predicted octanol–water partition coefficient (Wildman–Crippen LogP) is 1.32. The van der Waals surface area contributed by atoms with Crippen molar-refractivity contribution in [2.24, 2.45) is 5.92 Å². The van der Waals surface area contributed by atoms with Crippen molar-refractivity contribution in [3.63, 3.8) is 0 Å². The quantitative estimate of drug-likeness (QED) is 0.346. The fraction of sp³-hybridized carbons (Fsp3) is 0.500. The average Bonchev–Trinajstić information content (AvgIpc) is 2.57. The Balaban J connectivity index is 2.82. The Morgan fingerprint density at radius 1 is 1.32 bits per heavy atom. The number of benzene rings is 1. The van der Waals surface area contributed by atoms with E-state index in [9.17, 15) is 19.7 Å². The molecule has 9 nitrogen and oxygen atoms in total. The van der Waals surface area contributed by atoms with Gasteiger partial charge in [0, 0.05) is 30.4 Å². The van der Waals surface area contributed by atoms with Gasteiger partial charge >= 0.3 is 5.97 Å². The minimum absolute atomic E-state index is 0.0765. The summed E-state index contributed by atoms with van der Waals surface area (Å²) in [5.74, 6) is -1.09. The molecular formula is C16H23N3O6. The maximum Gasteiger partial charge on any atom is 0.341 e. The number of amides is 1. The number of anilines is 1. The van der Waals surface area contributed by atoms with E-state index in [2.05, 4.69) is 10.6 Å². The van der Waals surface area contributed by atoms with Crippen LogP contribution in [0.15, 0.2) is 18.2 Å². The van der Waals surface area contributed by atoms with Crippen LogP contribution in [-0.2, 0) is 9.53 Å². The highest BCUT2D eigenvalue weighted by Gasteiger charge is 2.19. The third-order valence-corrected chi connectivity index (χ3v) is 3.58. The summed E-state index contributed by atoms with van der Waals surface area (Å²) in [7, 11) is 0. The number of nitrogens with one attached hydrogen (secondary N) is 2. The summed E-state index contributed by atoms with van der Waals surface area (Å²) in [5.41, 5.74) is -0.0765. The second-order valence-electron chi connectivity index (χ2n) is 5.81. The van der Waals surface area contributed by atoms with Gasteiger partial charge in [0.1, 0.15) is 0 Å². The molecule has 0 radical (unpaired) electrons. The lowest BCUT2D eigenvalue weighted by Crippen LogP contribution is -2.38. The fourth-order valence-corrected chi connectivity index (χ4v) is 1.83. The zero-order valence-corrected chi connectivity index (χ0v) is 14.4. The lowest BCUT2D eigenvalue weighted by molar-refractivity contribution is -0.384. The lowest BCUT2D eigenvalue weighted by atomic mass is 10.1. The summed E-state index contributed by atoms with van der Waals surface area (Å²) in [6.07, 6.45) is 0. The summed E-state index contributed by atoms with van der Waals surface area (Å²) >= 11 is 0. The normalized spacial score (nSPS) is 11.7. The van der Waals surface area contributed by atoms with Crippen molar-refractivity contribution in [2.45, 2.75) is 26.8 Å². The third kappa shape index (κ3) is 6.38. The van der Waals surface area contributed by atoms with Crippen LogP contribution in [0.3, 0.4) is 0 Å². The molecule has 1 atom stereocenters. The Hall–Kier alpha value is -2.68. The monoisotopic (exact) mass is 353 g/mol. The molecule has 1 aromatic carbocycles.